The quantitative estimate of drug-likeness (QED) is 0.701. The highest BCUT2D eigenvalue weighted by molar-refractivity contribution is 7.20. The van der Waals surface area contributed by atoms with E-state index in [1.54, 1.807) is 11.8 Å². The first kappa shape index (κ1) is 21.8. The van der Waals surface area contributed by atoms with E-state index in [-0.39, 0.29) is 24.1 Å². The van der Waals surface area contributed by atoms with Gasteiger partial charge in [0.2, 0.25) is 0 Å². The van der Waals surface area contributed by atoms with Crippen molar-refractivity contribution in [2.45, 2.75) is 51.7 Å². The highest BCUT2D eigenvalue weighted by Gasteiger charge is 2.27. The number of ether oxygens (including phenoxy) is 2. The number of hydrogen-bond acceptors (Lipinski definition) is 8. The van der Waals surface area contributed by atoms with Crippen LogP contribution in [-0.2, 0) is 9.47 Å². The van der Waals surface area contributed by atoms with Crippen LogP contribution in [0.5, 0.6) is 0 Å². The lowest BCUT2D eigenvalue weighted by atomic mass is 10.1. The largest absolute Gasteiger partial charge is 0.450 e. The molecule has 31 heavy (non-hydrogen) atoms. The van der Waals surface area contributed by atoms with E-state index in [0.717, 1.165) is 41.0 Å². The van der Waals surface area contributed by atoms with E-state index >= 15 is 0 Å². The molecule has 2 aliphatic heterocycles. The molecule has 9 nitrogen and oxygen atoms in total. The second kappa shape index (κ2) is 9.78. The minimum Gasteiger partial charge on any atom is -0.450 e. The predicted molar refractivity (Wildman–Crippen MR) is 119 cm³/mol. The lowest BCUT2D eigenvalue weighted by molar-refractivity contribution is 0.0862. The van der Waals surface area contributed by atoms with Gasteiger partial charge in [-0.25, -0.2) is 14.8 Å². The summed E-state index contributed by atoms with van der Waals surface area (Å²) in [5.41, 5.74) is 0.886. The number of likely N-dealkylation sites (tertiary alicyclic amines) is 1. The fourth-order valence-corrected chi connectivity index (χ4v) is 5.16. The first-order valence-corrected chi connectivity index (χ1v) is 11.7. The van der Waals surface area contributed by atoms with Gasteiger partial charge in [-0.2, -0.15) is 0 Å². The van der Waals surface area contributed by atoms with Gasteiger partial charge >= 0.3 is 6.09 Å². The monoisotopic (exact) mass is 447 g/mol. The Bertz CT molecular complexity index is 935. The van der Waals surface area contributed by atoms with Crippen LogP contribution in [0.2, 0.25) is 0 Å². The number of carbonyl (C=O) groups is 2. The van der Waals surface area contributed by atoms with Crippen molar-refractivity contribution in [1.82, 2.24) is 20.2 Å². The zero-order valence-corrected chi connectivity index (χ0v) is 18.8. The lowest BCUT2D eigenvalue weighted by Gasteiger charge is -2.31. The summed E-state index contributed by atoms with van der Waals surface area (Å²) in [6.45, 7) is 6.78. The minimum absolute atomic E-state index is 0.0333. The maximum Gasteiger partial charge on any atom is 0.409 e. The number of nitrogens with one attached hydrogen (secondary N) is 2. The van der Waals surface area contributed by atoms with Crippen molar-refractivity contribution in [3.63, 3.8) is 0 Å². The average molecular weight is 448 g/mol. The van der Waals surface area contributed by atoms with E-state index in [2.05, 4.69) is 20.6 Å². The van der Waals surface area contributed by atoms with Gasteiger partial charge in [-0.05, 0) is 45.1 Å². The summed E-state index contributed by atoms with van der Waals surface area (Å²) in [6.07, 6.45) is 5.01. The molecule has 4 heterocycles. The molecule has 4 rings (SSSR count). The molecule has 0 spiro atoms. The molecule has 1 unspecified atom stereocenters. The molecule has 0 bridgehead atoms. The average Bonchev–Trinajstić information content (AvgIpc) is 3.41. The number of thiophene rings is 1. The SMILES string of the molecule is CCOC(=O)N1CCC(NC(=O)c2sc3ncnc(NCC4CCCO4)c3c2C)CC1. The molecule has 0 aromatic carbocycles. The zero-order valence-electron chi connectivity index (χ0n) is 18.0. The molecule has 0 saturated carbocycles. The summed E-state index contributed by atoms with van der Waals surface area (Å²) in [7, 11) is 0. The Labute approximate surface area is 185 Å². The Morgan fingerprint density at radius 2 is 2.10 bits per heavy atom. The topological polar surface area (TPSA) is 106 Å². The van der Waals surface area contributed by atoms with Crippen LogP contribution in [-0.4, -0.2) is 71.9 Å². The third-order valence-corrected chi connectivity index (χ3v) is 7.01. The summed E-state index contributed by atoms with van der Waals surface area (Å²) in [4.78, 5) is 36.8. The number of nitrogens with zero attached hydrogens (tertiary/aromatic N) is 3. The van der Waals surface area contributed by atoms with Crippen LogP contribution in [0.4, 0.5) is 10.6 Å². The second-order valence-electron chi connectivity index (χ2n) is 7.91. The smallest absolute Gasteiger partial charge is 0.409 e. The molecule has 10 heteroatoms. The number of amides is 2. The van der Waals surface area contributed by atoms with Gasteiger partial charge in [-0.3, -0.25) is 4.79 Å². The van der Waals surface area contributed by atoms with Gasteiger partial charge in [0.25, 0.3) is 5.91 Å². The summed E-state index contributed by atoms with van der Waals surface area (Å²) in [6, 6.07) is 0.0333. The Hall–Kier alpha value is -2.46. The van der Waals surface area contributed by atoms with Crippen molar-refractivity contribution in [3.05, 3.63) is 16.8 Å². The number of aromatic nitrogens is 2. The maximum absolute atomic E-state index is 13.0. The van der Waals surface area contributed by atoms with Crippen molar-refractivity contribution >= 4 is 39.4 Å². The molecule has 2 aromatic rings. The van der Waals surface area contributed by atoms with E-state index in [0.29, 0.717) is 44.0 Å². The van der Waals surface area contributed by atoms with Crippen LogP contribution in [0.15, 0.2) is 6.33 Å². The minimum atomic E-state index is -0.283. The lowest BCUT2D eigenvalue weighted by Crippen LogP contribution is -2.46. The highest BCUT2D eigenvalue weighted by Crippen LogP contribution is 2.33. The predicted octanol–water partition coefficient (Wildman–Crippen LogP) is 2.94. The van der Waals surface area contributed by atoms with Crippen LogP contribution in [0.1, 0.15) is 47.8 Å². The van der Waals surface area contributed by atoms with Crippen molar-refractivity contribution in [1.29, 1.82) is 0 Å². The van der Waals surface area contributed by atoms with Gasteiger partial charge in [0, 0.05) is 32.3 Å². The van der Waals surface area contributed by atoms with Gasteiger partial charge < -0.3 is 25.0 Å². The highest BCUT2D eigenvalue weighted by atomic mass is 32.1. The molecular formula is C21H29N5O4S. The number of aryl methyl sites for hydroxylation is 1. The maximum atomic E-state index is 13.0. The van der Waals surface area contributed by atoms with Crippen LogP contribution >= 0.6 is 11.3 Å². The van der Waals surface area contributed by atoms with Gasteiger partial charge in [0.15, 0.2) is 0 Å². The van der Waals surface area contributed by atoms with E-state index in [1.807, 2.05) is 6.92 Å². The number of rotatable bonds is 6. The fourth-order valence-electron chi connectivity index (χ4n) is 4.11. The first-order valence-electron chi connectivity index (χ1n) is 10.9. The van der Waals surface area contributed by atoms with Gasteiger partial charge in [0.05, 0.1) is 23.0 Å². The molecular weight excluding hydrogens is 418 g/mol. The van der Waals surface area contributed by atoms with Crippen molar-refractivity contribution in [2.24, 2.45) is 0 Å². The number of fused-ring (bicyclic) bond motifs is 1. The zero-order chi connectivity index (χ0) is 21.8. The molecule has 0 radical (unpaired) electrons. The molecule has 2 aliphatic rings. The molecule has 2 amide bonds. The molecule has 168 valence electrons. The van der Waals surface area contributed by atoms with Gasteiger partial charge in [-0.1, -0.05) is 0 Å². The number of carbonyl (C=O) groups excluding carboxylic acids is 2. The Morgan fingerprint density at radius 3 is 2.81 bits per heavy atom. The molecule has 2 N–H and O–H groups in total. The molecule has 2 aromatic heterocycles. The number of anilines is 1. The standard InChI is InChI=1S/C21H29N5O4S/c1-3-29-21(28)26-8-6-14(7-9-26)25-19(27)17-13(2)16-18(23-12-24-20(16)31-17)22-11-15-5-4-10-30-15/h12,14-15H,3-11H2,1-2H3,(H,25,27)(H,22,23,24). The van der Waals surface area contributed by atoms with Crippen LogP contribution in [0, 0.1) is 6.92 Å². The van der Waals surface area contributed by atoms with Crippen LogP contribution in [0.25, 0.3) is 10.2 Å². The molecule has 2 saturated heterocycles. The molecule has 2 fully saturated rings. The fraction of sp³-hybridized carbons (Fsp3) is 0.619. The second-order valence-corrected chi connectivity index (χ2v) is 8.91. The Kier molecular flexibility index (Phi) is 6.86. The first-order chi connectivity index (χ1) is 15.1. The number of hydrogen-bond donors (Lipinski definition) is 2. The Balaban J connectivity index is 1.41. The van der Waals surface area contributed by atoms with Crippen LogP contribution < -0.4 is 10.6 Å². The van der Waals surface area contributed by atoms with E-state index in [9.17, 15) is 9.59 Å². The third kappa shape index (κ3) is 4.90. The Morgan fingerprint density at radius 1 is 1.29 bits per heavy atom. The van der Waals surface area contributed by atoms with Crippen LogP contribution in [0.3, 0.4) is 0 Å². The third-order valence-electron chi connectivity index (χ3n) is 5.81. The summed E-state index contributed by atoms with van der Waals surface area (Å²) in [5, 5.41) is 7.40. The molecule has 1 atom stereocenters. The van der Waals surface area contributed by atoms with Gasteiger partial charge in [-0.15, -0.1) is 11.3 Å². The summed E-state index contributed by atoms with van der Waals surface area (Å²) < 4.78 is 10.7. The number of piperidine rings is 1. The van der Waals surface area contributed by atoms with Gasteiger partial charge in [0.1, 0.15) is 17.0 Å². The van der Waals surface area contributed by atoms with Crippen molar-refractivity contribution in [2.75, 3.05) is 38.2 Å². The van der Waals surface area contributed by atoms with E-state index in [1.165, 1.54) is 17.7 Å². The van der Waals surface area contributed by atoms with E-state index in [4.69, 9.17) is 9.47 Å². The summed E-state index contributed by atoms with van der Waals surface area (Å²) in [5.74, 6) is 0.649. The molecule has 0 aliphatic carbocycles. The van der Waals surface area contributed by atoms with Crippen molar-refractivity contribution in [3.8, 4) is 0 Å². The normalized spacial score (nSPS) is 19.5. The van der Waals surface area contributed by atoms with E-state index < -0.39 is 0 Å². The summed E-state index contributed by atoms with van der Waals surface area (Å²) >= 11 is 1.39. The van der Waals surface area contributed by atoms with Crippen molar-refractivity contribution < 1.29 is 19.1 Å².